The van der Waals surface area contributed by atoms with Crippen molar-refractivity contribution in [2.75, 3.05) is 20.0 Å². The van der Waals surface area contributed by atoms with Crippen molar-refractivity contribution in [1.82, 2.24) is 0 Å². The van der Waals surface area contributed by atoms with E-state index in [0.717, 1.165) is 29.6 Å². The van der Waals surface area contributed by atoms with Crippen LogP contribution in [0.15, 0.2) is 0 Å². The Bertz CT molecular complexity index is 205. The third-order valence-corrected chi connectivity index (χ3v) is 8.04. The number of hydrogen-bond acceptors (Lipinski definition) is 2. The Kier molecular flexibility index (Phi) is 18.5. The molecule has 2 atom stereocenters. The second-order valence-electron chi connectivity index (χ2n) is 6.44. The van der Waals surface area contributed by atoms with E-state index in [1.807, 2.05) is 0 Å². The van der Waals surface area contributed by atoms with Crippen LogP contribution in [0.3, 0.4) is 0 Å². The van der Waals surface area contributed by atoms with Crippen molar-refractivity contribution in [3.05, 3.63) is 0 Å². The van der Waals surface area contributed by atoms with Crippen molar-refractivity contribution >= 4 is 31.1 Å². The van der Waals surface area contributed by atoms with Gasteiger partial charge in [0.25, 0.3) is 0 Å². The van der Waals surface area contributed by atoms with Crippen molar-refractivity contribution in [2.24, 2.45) is 5.92 Å². The molecule has 0 spiro atoms. The number of ether oxygens (including phenoxy) is 2. The summed E-state index contributed by atoms with van der Waals surface area (Å²) in [4.78, 5) is 0. The predicted octanol–water partition coefficient (Wildman–Crippen LogP) is 5.97. The summed E-state index contributed by atoms with van der Waals surface area (Å²) in [5, 5.41) is 0. The van der Waals surface area contributed by atoms with Crippen LogP contribution in [0.2, 0.25) is 4.05 Å². The quantitative estimate of drug-likeness (QED) is 0.188. The first-order chi connectivity index (χ1) is 10.2. The molecule has 2 nitrogen and oxygen atoms in total. The van der Waals surface area contributed by atoms with Gasteiger partial charge in [0.05, 0.1) is 0 Å². The van der Waals surface area contributed by atoms with Gasteiger partial charge < -0.3 is 22.4 Å². The van der Waals surface area contributed by atoms with Gasteiger partial charge in [0.2, 0.25) is 0 Å². The first kappa shape index (κ1) is 22.2. The van der Waals surface area contributed by atoms with Crippen LogP contribution >= 0.6 is 12.9 Å². The van der Waals surface area contributed by atoms with Crippen LogP contribution in [0.25, 0.3) is 0 Å². The van der Waals surface area contributed by atoms with E-state index in [2.05, 4.69) is 33.7 Å². The van der Waals surface area contributed by atoms with Gasteiger partial charge in [-0.3, -0.25) is 0 Å². The van der Waals surface area contributed by atoms with Gasteiger partial charge in [0.1, 0.15) is 6.79 Å². The molecule has 0 heterocycles. The van der Waals surface area contributed by atoms with E-state index < -0.39 is 0 Å². The molecule has 0 saturated carbocycles. The molecule has 124 valence electrons. The summed E-state index contributed by atoms with van der Waals surface area (Å²) in [6, 6.07) is 0. The standard InChI is InChI=1S/C17H35O2.BrH.Mg/c1-4-6-7-8-9-10-14-18-16-19-15-11-13-17(3)12-5-2;;/h5,17H,4,6-16H2,1-3H3;1H;/q;;+1/p-1. The molecule has 0 saturated heterocycles. The van der Waals surface area contributed by atoms with Crippen molar-refractivity contribution in [3.63, 3.8) is 0 Å². The SMILES string of the molecule is CCCCCCCCOCOCCCC(C)C[CH](C)[Mg][Br]. The molecule has 0 N–H and O–H groups in total. The lowest BCUT2D eigenvalue weighted by Gasteiger charge is -2.15. The van der Waals surface area contributed by atoms with Crippen molar-refractivity contribution in [1.29, 1.82) is 0 Å². The molecule has 2 unspecified atom stereocenters. The summed E-state index contributed by atoms with van der Waals surface area (Å²) in [7, 11) is 0. The zero-order valence-electron chi connectivity index (χ0n) is 14.5. The molecule has 0 aliphatic heterocycles. The monoisotopic (exact) mass is 374 g/mol. The highest BCUT2D eigenvalue weighted by Crippen LogP contribution is 2.21. The fourth-order valence-corrected chi connectivity index (χ4v) is 4.05. The molecule has 0 aliphatic carbocycles. The normalized spacial score (nSPS) is 13.9. The van der Waals surface area contributed by atoms with E-state index >= 15 is 0 Å². The third-order valence-electron chi connectivity index (χ3n) is 3.86. The van der Waals surface area contributed by atoms with E-state index in [1.165, 1.54) is 51.4 Å². The van der Waals surface area contributed by atoms with Crippen LogP contribution in [0.1, 0.15) is 78.6 Å². The largest absolute Gasteiger partial charge is 0.471 e. The van der Waals surface area contributed by atoms with Gasteiger partial charge in [-0.25, -0.2) is 0 Å². The molecular formula is C17H35BrMgO2. The summed E-state index contributed by atoms with van der Waals surface area (Å²) in [6.07, 6.45) is 11.7. The van der Waals surface area contributed by atoms with Gasteiger partial charge in [-0.2, -0.15) is 0 Å². The molecule has 0 aromatic heterocycles. The van der Waals surface area contributed by atoms with E-state index in [4.69, 9.17) is 9.47 Å². The van der Waals surface area contributed by atoms with E-state index in [0.29, 0.717) is 6.79 Å². The van der Waals surface area contributed by atoms with Gasteiger partial charge in [-0.05, 0) is 25.2 Å². The van der Waals surface area contributed by atoms with E-state index in [-0.39, 0.29) is 18.2 Å². The maximum absolute atomic E-state index is 5.54. The summed E-state index contributed by atoms with van der Waals surface area (Å²) >= 11 is 3.69. The van der Waals surface area contributed by atoms with Gasteiger partial charge in [0, 0.05) is 13.2 Å². The Morgan fingerprint density at radius 1 is 0.905 bits per heavy atom. The molecular weight excluding hydrogens is 340 g/mol. The molecule has 21 heavy (non-hydrogen) atoms. The minimum atomic E-state index is 0.00457. The lowest BCUT2D eigenvalue weighted by atomic mass is 10.0. The predicted molar refractivity (Wildman–Crippen MR) is 97.3 cm³/mol. The average molecular weight is 376 g/mol. The maximum atomic E-state index is 5.54. The van der Waals surface area contributed by atoms with Crippen LogP contribution in [-0.4, -0.2) is 38.2 Å². The highest BCUT2D eigenvalue weighted by atomic mass is 79.9. The Labute approximate surface area is 148 Å². The molecule has 0 aromatic carbocycles. The minimum absolute atomic E-state index is 0.00457. The molecule has 0 aromatic rings. The molecule has 0 fully saturated rings. The highest BCUT2D eigenvalue weighted by molar-refractivity contribution is 9.23. The fourth-order valence-electron chi connectivity index (χ4n) is 2.56. The van der Waals surface area contributed by atoms with E-state index in [1.54, 1.807) is 0 Å². The second-order valence-corrected chi connectivity index (χ2v) is 10.1. The Morgan fingerprint density at radius 2 is 1.52 bits per heavy atom. The summed E-state index contributed by atoms with van der Waals surface area (Å²) in [6.45, 7) is 9.17. The first-order valence-corrected chi connectivity index (χ1v) is 13.6. The van der Waals surface area contributed by atoms with Crippen LogP contribution in [0, 0.1) is 5.92 Å². The topological polar surface area (TPSA) is 18.5 Å². The molecule has 0 amide bonds. The minimum Gasteiger partial charge on any atom is -0.355 e. The second kappa shape index (κ2) is 17.5. The van der Waals surface area contributed by atoms with Crippen LogP contribution in [0.4, 0.5) is 0 Å². The third kappa shape index (κ3) is 17.4. The molecule has 0 bridgehead atoms. The Morgan fingerprint density at radius 3 is 2.19 bits per heavy atom. The van der Waals surface area contributed by atoms with Crippen LogP contribution in [0.5, 0.6) is 0 Å². The van der Waals surface area contributed by atoms with E-state index in [9.17, 15) is 0 Å². The number of unbranched alkanes of at least 4 members (excludes halogenated alkanes) is 5. The molecule has 0 aliphatic rings. The maximum Gasteiger partial charge on any atom is 0.471 e. The average Bonchev–Trinajstić information content (AvgIpc) is 2.48. The summed E-state index contributed by atoms with van der Waals surface area (Å²) in [5.74, 6) is 0.831. The van der Waals surface area contributed by atoms with Gasteiger partial charge in [0.15, 0.2) is 0 Å². The zero-order valence-corrected chi connectivity index (χ0v) is 17.5. The van der Waals surface area contributed by atoms with Gasteiger partial charge in [-0.15, -0.1) is 4.05 Å². The molecule has 0 rings (SSSR count). The smallest absolute Gasteiger partial charge is 0.355 e. The highest BCUT2D eigenvalue weighted by Gasteiger charge is 2.09. The number of halogens is 1. The van der Waals surface area contributed by atoms with Gasteiger partial charge in [-0.1, -0.05) is 59.3 Å². The lowest BCUT2D eigenvalue weighted by Crippen LogP contribution is -2.06. The van der Waals surface area contributed by atoms with Gasteiger partial charge >= 0.3 is 18.2 Å². The van der Waals surface area contributed by atoms with Crippen LogP contribution in [-0.2, 0) is 9.47 Å². The summed E-state index contributed by atoms with van der Waals surface area (Å²) < 4.78 is 12.0. The Balaban J connectivity index is 3.12. The lowest BCUT2D eigenvalue weighted by molar-refractivity contribution is -0.0560. The van der Waals surface area contributed by atoms with Crippen molar-refractivity contribution in [2.45, 2.75) is 82.6 Å². The number of hydrogen-bond donors (Lipinski definition) is 0. The Hall–Kier alpha value is 1.17. The fraction of sp³-hybridized carbons (Fsp3) is 1.00. The van der Waals surface area contributed by atoms with Crippen molar-refractivity contribution < 1.29 is 9.47 Å². The summed E-state index contributed by atoms with van der Waals surface area (Å²) in [5.41, 5.74) is 0. The molecule has 4 heteroatoms. The first-order valence-electron chi connectivity index (χ1n) is 8.92. The van der Waals surface area contributed by atoms with Crippen LogP contribution < -0.4 is 0 Å². The van der Waals surface area contributed by atoms with Crippen molar-refractivity contribution in [3.8, 4) is 0 Å². The molecule has 0 radical (unpaired) electrons. The number of rotatable bonds is 16. The zero-order chi connectivity index (χ0) is 15.8.